The summed E-state index contributed by atoms with van der Waals surface area (Å²) < 4.78 is 5.69. The molecule has 3 nitrogen and oxygen atoms in total. The van der Waals surface area contributed by atoms with Gasteiger partial charge in [-0.2, -0.15) is 0 Å². The lowest BCUT2D eigenvalue weighted by Gasteiger charge is -2.09. The van der Waals surface area contributed by atoms with E-state index in [1.807, 2.05) is 31.3 Å². The van der Waals surface area contributed by atoms with E-state index in [2.05, 4.69) is 16.4 Å². The molecule has 0 atom stereocenters. The van der Waals surface area contributed by atoms with E-state index in [1.54, 1.807) is 11.3 Å². The van der Waals surface area contributed by atoms with Gasteiger partial charge in [-0.1, -0.05) is 25.0 Å². The number of ether oxygens (including phenoxy) is 1. The molecule has 1 aromatic carbocycles. The molecule has 4 heteroatoms. The van der Waals surface area contributed by atoms with Gasteiger partial charge in [0.2, 0.25) is 0 Å². The molecule has 0 bridgehead atoms. The molecule has 0 radical (unpaired) electrons. The lowest BCUT2D eigenvalue weighted by Crippen LogP contribution is -2.24. The van der Waals surface area contributed by atoms with Gasteiger partial charge in [-0.25, -0.2) is 4.98 Å². The molecule has 1 aliphatic rings. The Morgan fingerprint density at radius 2 is 2.10 bits per heavy atom. The number of nitrogens with one attached hydrogen (secondary N) is 1. The minimum atomic E-state index is 0.679. The predicted octanol–water partition coefficient (Wildman–Crippen LogP) is 4.24. The van der Waals surface area contributed by atoms with Crippen LogP contribution in [0.3, 0.4) is 0 Å². The molecule has 1 fully saturated rings. The van der Waals surface area contributed by atoms with Crippen LogP contribution in [-0.4, -0.2) is 17.6 Å². The third-order valence-electron chi connectivity index (χ3n) is 3.89. The van der Waals surface area contributed by atoms with E-state index in [4.69, 9.17) is 4.74 Å². The molecule has 0 unspecified atom stereocenters. The predicted molar refractivity (Wildman–Crippen MR) is 87.8 cm³/mol. The van der Waals surface area contributed by atoms with E-state index in [-0.39, 0.29) is 0 Å². The third kappa shape index (κ3) is 3.63. The smallest absolute Gasteiger partial charge is 0.129 e. The molecule has 1 N–H and O–H groups in total. The molecule has 0 spiro atoms. The van der Waals surface area contributed by atoms with Crippen LogP contribution in [0.1, 0.15) is 37.5 Å². The maximum Gasteiger partial charge on any atom is 0.129 e. The number of hydrogen-bond acceptors (Lipinski definition) is 4. The van der Waals surface area contributed by atoms with Crippen LogP contribution in [0.5, 0.6) is 5.75 Å². The van der Waals surface area contributed by atoms with Gasteiger partial charge in [-0.3, -0.25) is 0 Å². The number of hydrogen-bond donors (Lipinski definition) is 1. The number of para-hydroxylation sites is 1. The van der Waals surface area contributed by atoms with Crippen LogP contribution in [0.4, 0.5) is 0 Å². The van der Waals surface area contributed by atoms with Crippen molar-refractivity contribution < 1.29 is 4.74 Å². The fourth-order valence-electron chi connectivity index (χ4n) is 2.81. The number of thiazole rings is 1. The second kappa shape index (κ2) is 7.05. The van der Waals surface area contributed by atoms with Crippen molar-refractivity contribution in [3.05, 3.63) is 35.3 Å². The number of rotatable bonds is 6. The third-order valence-corrected chi connectivity index (χ3v) is 4.92. The van der Waals surface area contributed by atoms with Gasteiger partial charge in [-0.05, 0) is 31.9 Å². The van der Waals surface area contributed by atoms with Crippen molar-refractivity contribution in [3.8, 4) is 16.3 Å². The van der Waals surface area contributed by atoms with Crippen molar-refractivity contribution in [3.63, 3.8) is 0 Å². The zero-order valence-electron chi connectivity index (χ0n) is 12.5. The van der Waals surface area contributed by atoms with Gasteiger partial charge < -0.3 is 10.1 Å². The number of nitrogens with zero attached hydrogens (tertiary/aromatic N) is 1. The van der Waals surface area contributed by atoms with Crippen LogP contribution in [0.15, 0.2) is 30.5 Å². The average Bonchev–Trinajstić information content (AvgIpc) is 3.18. The standard InChI is InChI=1S/C17H22N2OS/c1-2-20-16-10-6-5-9-15(16)17-19-12-14(21-17)11-18-13-7-3-4-8-13/h5-6,9-10,12-13,18H,2-4,7-8,11H2,1H3. The first-order valence-corrected chi connectivity index (χ1v) is 8.58. The summed E-state index contributed by atoms with van der Waals surface area (Å²) in [6.45, 7) is 3.62. The maximum atomic E-state index is 5.69. The summed E-state index contributed by atoms with van der Waals surface area (Å²) in [5, 5.41) is 4.69. The molecule has 1 heterocycles. The van der Waals surface area contributed by atoms with E-state index in [0.29, 0.717) is 12.6 Å². The SMILES string of the molecule is CCOc1ccccc1-c1ncc(CNC2CCCC2)s1. The highest BCUT2D eigenvalue weighted by atomic mass is 32.1. The van der Waals surface area contributed by atoms with E-state index < -0.39 is 0 Å². The van der Waals surface area contributed by atoms with Crippen molar-refractivity contribution in [2.24, 2.45) is 0 Å². The maximum absolute atomic E-state index is 5.69. The zero-order valence-corrected chi connectivity index (χ0v) is 13.3. The summed E-state index contributed by atoms with van der Waals surface area (Å²) in [6.07, 6.45) is 7.36. The molecule has 0 aliphatic heterocycles. The largest absolute Gasteiger partial charge is 0.493 e. The van der Waals surface area contributed by atoms with Crippen LogP contribution in [0, 0.1) is 0 Å². The fraction of sp³-hybridized carbons (Fsp3) is 0.471. The van der Waals surface area contributed by atoms with Crippen molar-refractivity contribution in [2.45, 2.75) is 45.2 Å². The molecule has 0 saturated heterocycles. The van der Waals surface area contributed by atoms with E-state index in [9.17, 15) is 0 Å². The minimum absolute atomic E-state index is 0.679. The summed E-state index contributed by atoms with van der Waals surface area (Å²) in [6, 6.07) is 8.83. The fourth-order valence-corrected chi connectivity index (χ4v) is 3.71. The molecule has 1 aliphatic carbocycles. The molecule has 0 amide bonds. The molecular weight excluding hydrogens is 280 g/mol. The Balaban J connectivity index is 1.69. The molecule has 112 valence electrons. The summed E-state index contributed by atoms with van der Waals surface area (Å²) in [5.41, 5.74) is 1.09. The topological polar surface area (TPSA) is 34.1 Å². The lowest BCUT2D eigenvalue weighted by atomic mass is 10.2. The Morgan fingerprint density at radius 3 is 2.90 bits per heavy atom. The Hall–Kier alpha value is -1.39. The summed E-state index contributed by atoms with van der Waals surface area (Å²) in [4.78, 5) is 5.87. The van der Waals surface area contributed by atoms with Gasteiger partial charge in [-0.15, -0.1) is 11.3 Å². The zero-order chi connectivity index (χ0) is 14.5. The first kappa shape index (κ1) is 14.5. The molecular formula is C17H22N2OS. The van der Waals surface area contributed by atoms with E-state index in [1.165, 1.54) is 30.6 Å². The lowest BCUT2D eigenvalue weighted by molar-refractivity contribution is 0.341. The first-order valence-electron chi connectivity index (χ1n) is 7.77. The van der Waals surface area contributed by atoms with Crippen LogP contribution >= 0.6 is 11.3 Å². The van der Waals surface area contributed by atoms with E-state index >= 15 is 0 Å². The van der Waals surface area contributed by atoms with Gasteiger partial charge in [0.15, 0.2) is 0 Å². The number of aromatic nitrogens is 1. The summed E-state index contributed by atoms with van der Waals surface area (Å²) >= 11 is 1.76. The normalized spacial score (nSPS) is 15.5. The van der Waals surface area contributed by atoms with Crippen LogP contribution < -0.4 is 10.1 Å². The Bertz CT molecular complexity index is 576. The number of benzene rings is 1. The molecule has 1 aromatic heterocycles. The van der Waals surface area contributed by atoms with Gasteiger partial charge >= 0.3 is 0 Å². The Morgan fingerprint density at radius 1 is 1.29 bits per heavy atom. The highest BCUT2D eigenvalue weighted by Crippen LogP contribution is 2.33. The van der Waals surface area contributed by atoms with Crippen molar-refractivity contribution >= 4 is 11.3 Å². The molecule has 2 aromatic rings. The van der Waals surface area contributed by atoms with Crippen molar-refractivity contribution in [2.75, 3.05) is 6.61 Å². The molecule has 3 rings (SSSR count). The summed E-state index contributed by atoms with van der Waals surface area (Å²) in [7, 11) is 0. The van der Waals surface area contributed by atoms with Crippen molar-refractivity contribution in [1.82, 2.24) is 10.3 Å². The monoisotopic (exact) mass is 302 g/mol. The highest BCUT2D eigenvalue weighted by Gasteiger charge is 2.15. The quantitative estimate of drug-likeness (QED) is 0.866. The van der Waals surface area contributed by atoms with Crippen molar-refractivity contribution in [1.29, 1.82) is 0 Å². The second-order valence-electron chi connectivity index (χ2n) is 5.42. The van der Waals surface area contributed by atoms with Crippen LogP contribution in [0.2, 0.25) is 0 Å². The minimum Gasteiger partial charge on any atom is -0.493 e. The van der Waals surface area contributed by atoms with Crippen LogP contribution in [0.25, 0.3) is 10.6 Å². The Labute approximate surface area is 130 Å². The highest BCUT2D eigenvalue weighted by molar-refractivity contribution is 7.15. The Kier molecular flexibility index (Phi) is 4.88. The van der Waals surface area contributed by atoms with Gasteiger partial charge in [0.1, 0.15) is 10.8 Å². The average molecular weight is 302 g/mol. The summed E-state index contributed by atoms with van der Waals surface area (Å²) in [5.74, 6) is 0.921. The van der Waals surface area contributed by atoms with Gasteiger partial charge in [0, 0.05) is 23.7 Å². The first-order chi connectivity index (χ1) is 10.4. The second-order valence-corrected chi connectivity index (χ2v) is 6.54. The molecule has 21 heavy (non-hydrogen) atoms. The van der Waals surface area contributed by atoms with Gasteiger partial charge in [0.25, 0.3) is 0 Å². The van der Waals surface area contributed by atoms with E-state index in [0.717, 1.165) is 22.9 Å². The molecule has 1 saturated carbocycles. The van der Waals surface area contributed by atoms with Crippen LogP contribution in [-0.2, 0) is 6.54 Å². The van der Waals surface area contributed by atoms with Gasteiger partial charge in [0.05, 0.1) is 12.2 Å².